The van der Waals surface area contributed by atoms with Crippen LogP contribution in [-0.2, 0) is 0 Å². The lowest BCUT2D eigenvalue weighted by Crippen LogP contribution is -1.85. The summed E-state index contributed by atoms with van der Waals surface area (Å²) in [5.74, 6) is -1.19. The van der Waals surface area contributed by atoms with Crippen molar-refractivity contribution in [3.63, 3.8) is 0 Å². The van der Waals surface area contributed by atoms with Gasteiger partial charge in [-0.1, -0.05) is 6.07 Å². The smallest absolute Gasteiger partial charge is 0.137 e. The van der Waals surface area contributed by atoms with Gasteiger partial charge in [0, 0.05) is 24.0 Å². The maximum atomic E-state index is 13.6. The average Bonchev–Trinajstić information content (AvgIpc) is 2.72. The summed E-state index contributed by atoms with van der Waals surface area (Å²) in [6.45, 7) is 0. The Hall–Kier alpha value is -1.94. The molecule has 0 aliphatic carbocycles. The van der Waals surface area contributed by atoms with Gasteiger partial charge in [-0.15, -0.1) is 12.4 Å². The fraction of sp³-hybridized carbons (Fsp3) is 0. The Labute approximate surface area is 108 Å². The van der Waals surface area contributed by atoms with E-state index in [1.807, 2.05) is 24.4 Å². The second-order valence-electron chi connectivity index (χ2n) is 3.72. The summed E-state index contributed by atoms with van der Waals surface area (Å²) >= 11 is 0. The van der Waals surface area contributed by atoms with Gasteiger partial charge in [0.15, 0.2) is 0 Å². The first-order chi connectivity index (χ1) is 8.24. The van der Waals surface area contributed by atoms with Crippen LogP contribution in [0.2, 0.25) is 0 Å². The van der Waals surface area contributed by atoms with E-state index in [0.29, 0.717) is 11.3 Å². The maximum Gasteiger partial charge on any atom is 0.137 e. The van der Waals surface area contributed by atoms with Crippen molar-refractivity contribution in [2.24, 2.45) is 0 Å². The number of hydrogen-bond donors (Lipinski definition) is 0. The molecule has 2 nitrogen and oxygen atoms in total. The third kappa shape index (κ3) is 2.07. The number of pyridine rings is 1. The van der Waals surface area contributed by atoms with E-state index in [9.17, 15) is 8.78 Å². The summed E-state index contributed by atoms with van der Waals surface area (Å²) in [6, 6.07) is 9.02. The summed E-state index contributed by atoms with van der Waals surface area (Å²) < 4.78 is 28.2. The van der Waals surface area contributed by atoms with Gasteiger partial charge in [0.05, 0.1) is 5.69 Å². The summed E-state index contributed by atoms with van der Waals surface area (Å²) in [7, 11) is 0. The Balaban J connectivity index is 0.00000120. The van der Waals surface area contributed by atoms with Crippen LogP contribution in [0.1, 0.15) is 0 Å². The molecule has 0 saturated carbocycles. The van der Waals surface area contributed by atoms with Gasteiger partial charge in [0.1, 0.15) is 17.3 Å². The Morgan fingerprint density at radius 2 is 1.89 bits per heavy atom. The van der Waals surface area contributed by atoms with Crippen LogP contribution >= 0.6 is 12.4 Å². The van der Waals surface area contributed by atoms with Gasteiger partial charge in [-0.25, -0.2) is 13.8 Å². The predicted octanol–water partition coefficient (Wildman–Crippen LogP) is 3.70. The van der Waals surface area contributed by atoms with Crippen molar-refractivity contribution in [1.82, 2.24) is 9.38 Å². The molecule has 0 fully saturated rings. The van der Waals surface area contributed by atoms with Crippen molar-refractivity contribution in [3.8, 4) is 11.3 Å². The Morgan fingerprint density at radius 3 is 2.61 bits per heavy atom. The lowest BCUT2D eigenvalue weighted by atomic mass is 10.1. The number of benzene rings is 1. The van der Waals surface area contributed by atoms with E-state index < -0.39 is 11.6 Å². The molecule has 92 valence electrons. The van der Waals surface area contributed by atoms with Gasteiger partial charge in [-0.2, -0.15) is 0 Å². The summed E-state index contributed by atoms with van der Waals surface area (Å²) in [4.78, 5) is 4.27. The molecule has 0 atom stereocenters. The van der Waals surface area contributed by atoms with E-state index in [1.165, 1.54) is 12.1 Å². The van der Waals surface area contributed by atoms with Crippen molar-refractivity contribution >= 4 is 18.1 Å². The van der Waals surface area contributed by atoms with E-state index in [-0.39, 0.29) is 12.4 Å². The molecule has 0 saturated heterocycles. The third-order valence-electron chi connectivity index (χ3n) is 2.57. The zero-order chi connectivity index (χ0) is 11.8. The second-order valence-corrected chi connectivity index (χ2v) is 3.72. The van der Waals surface area contributed by atoms with Gasteiger partial charge in [-0.3, -0.25) is 0 Å². The van der Waals surface area contributed by atoms with E-state index in [2.05, 4.69) is 4.98 Å². The van der Waals surface area contributed by atoms with E-state index in [0.717, 1.165) is 11.7 Å². The van der Waals surface area contributed by atoms with Crippen LogP contribution in [0.3, 0.4) is 0 Å². The molecule has 0 amide bonds. The normalized spacial score (nSPS) is 10.3. The Bertz CT molecular complexity index is 661. The Kier molecular flexibility index (Phi) is 3.30. The van der Waals surface area contributed by atoms with Gasteiger partial charge in [-0.05, 0) is 24.3 Å². The molecule has 0 aliphatic heterocycles. The van der Waals surface area contributed by atoms with Crippen LogP contribution < -0.4 is 0 Å². The fourth-order valence-electron chi connectivity index (χ4n) is 1.76. The zero-order valence-corrected chi connectivity index (χ0v) is 9.99. The average molecular weight is 267 g/mol. The van der Waals surface area contributed by atoms with Crippen molar-refractivity contribution in [3.05, 3.63) is 60.4 Å². The van der Waals surface area contributed by atoms with Crippen LogP contribution in [0.5, 0.6) is 0 Å². The number of rotatable bonds is 1. The molecule has 2 aromatic heterocycles. The number of aromatic nitrogens is 2. The standard InChI is InChI=1S/C13H8F2N2.ClH/c14-9-4-5-10(11(15)7-9)12-8-17-6-2-1-3-13(17)16-12;/h1-8H;1H. The maximum absolute atomic E-state index is 13.6. The minimum Gasteiger partial charge on any atom is -0.306 e. The highest BCUT2D eigenvalue weighted by Crippen LogP contribution is 2.22. The SMILES string of the molecule is Cl.Fc1ccc(-c2cn3ccccc3n2)c(F)c1. The molecule has 0 bridgehead atoms. The van der Waals surface area contributed by atoms with E-state index in [4.69, 9.17) is 0 Å². The van der Waals surface area contributed by atoms with Crippen LogP contribution in [-0.4, -0.2) is 9.38 Å². The molecule has 0 unspecified atom stereocenters. The molecular weight excluding hydrogens is 258 g/mol. The highest BCUT2D eigenvalue weighted by Gasteiger charge is 2.09. The number of fused-ring (bicyclic) bond motifs is 1. The number of imidazole rings is 1. The van der Waals surface area contributed by atoms with Gasteiger partial charge < -0.3 is 4.40 Å². The first kappa shape index (κ1) is 12.5. The van der Waals surface area contributed by atoms with Crippen LogP contribution in [0, 0.1) is 11.6 Å². The third-order valence-corrected chi connectivity index (χ3v) is 2.57. The van der Waals surface area contributed by atoms with Gasteiger partial charge >= 0.3 is 0 Å². The monoisotopic (exact) mass is 266 g/mol. The first-order valence-corrected chi connectivity index (χ1v) is 5.13. The lowest BCUT2D eigenvalue weighted by Gasteiger charge is -1.98. The summed E-state index contributed by atoms with van der Waals surface area (Å²) in [5, 5.41) is 0. The molecule has 3 rings (SSSR count). The number of nitrogens with zero attached hydrogens (tertiary/aromatic N) is 2. The summed E-state index contributed by atoms with van der Waals surface area (Å²) in [5.41, 5.74) is 1.52. The van der Waals surface area contributed by atoms with E-state index in [1.54, 1.807) is 10.6 Å². The molecule has 0 N–H and O–H groups in total. The second kappa shape index (κ2) is 4.74. The first-order valence-electron chi connectivity index (χ1n) is 5.13. The van der Waals surface area contributed by atoms with Crippen molar-refractivity contribution in [2.75, 3.05) is 0 Å². The van der Waals surface area contributed by atoms with Gasteiger partial charge in [0.25, 0.3) is 0 Å². The quantitative estimate of drug-likeness (QED) is 0.656. The minimum atomic E-state index is -0.603. The predicted molar refractivity (Wildman–Crippen MR) is 67.8 cm³/mol. The van der Waals surface area contributed by atoms with Crippen molar-refractivity contribution < 1.29 is 8.78 Å². The lowest BCUT2D eigenvalue weighted by molar-refractivity contribution is 0.585. The van der Waals surface area contributed by atoms with Crippen LogP contribution in [0.25, 0.3) is 16.9 Å². The van der Waals surface area contributed by atoms with Gasteiger partial charge in [0.2, 0.25) is 0 Å². The molecular formula is C13H9ClF2N2. The highest BCUT2D eigenvalue weighted by molar-refractivity contribution is 5.85. The minimum absolute atomic E-state index is 0. The Morgan fingerprint density at radius 1 is 1.06 bits per heavy atom. The number of halogens is 3. The molecule has 0 radical (unpaired) electrons. The highest BCUT2D eigenvalue weighted by atomic mass is 35.5. The number of hydrogen-bond acceptors (Lipinski definition) is 1. The van der Waals surface area contributed by atoms with Crippen LogP contribution in [0.4, 0.5) is 8.78 Å². The fourth-order valence-corrected chi connectivity index (χ4v) is 1.76. The molecule has 18 heavy (non-hydrogen) atoms. The zero-order valence-electron chi connectivity index (χ0n) is 9.18. The molecule has 1 aromatic carbocycles. The molecule has 3 aromatic rings. The molecule has 0 spiro atoms. The molecule has 5 heteroatoms. The topological polar surface area (TPSA) is 17.3 Å². The van der Waals surface area contributed by atoms with Crippen LogP contribution in [0.15, 0.2) is 48.8 Å². The molecule has 0 aliphatic rings. The van der Waals surface area contributed by atoms with E-state index >= 15 is 0 Å². The van der Waals surface area contributed by atoms with Crippen molar-refractivity contribution in [1.29, 1.82) is 0 Å². The van der Waals surface area contributed by atoms with Crippen molar-refractivity contribution in [2.45, 2.75) is 0 Å². The summed E-state index contributed by atoms with van der Waals surface area (Å²) in [6.07, 6.45) is 3.54. The largest absolute Gasteiger partial charge is 0.306 e. The molecule has 2 heterocycles.